The lowest BCUT2D eigenvalue weighted by atomic mass is 9.86. The number of hydrogen-bond donors (Lipinski definition) is 2. The maximum absolute atomic E-state index is 6.25. The van der Waals surface area contributed by atoms with E-state index in [1.807, 2.05) is 42.5 Å². The Hall–Kier alpha value is -3.42. The summed E-state index contributed by atoms with van der Waals surface area (Å²) in [5.74, 6) is 2.06. The highest BCUT2D eigenvalue weighted by molar-refractivity contribution is 6.00. The highest BCUT2D eigenvalue weighted by Gasteiger charge is 2.29. The summed E-state index contributed by atoms with van der Waals surface area (Å²) in [4.78, 5) is 9.86. The number of piperazine rings is 1. The van der Waals surface area contributed by atoms with Crippen LogP contribution in [-0.2, 0) is 5.41 Å². The van der Waals surface area contributed by atoms with Gasteiger partial charge in [-0.3, -0.25) is 10.00 Å². The number of nitrogens with one attached hydrogen (secondary N) is 1. The number of nitrogens with zero attached hydrogens (tertiary/aromatic N) is 4. The number of para-hydroxylation sites is 1. The first-order valence-electron chi connectivity index (χ1n) is 11.8. The van der Waals surface area contributed by atoms with Gasteiger partial charge < -0.3 is 15.4 Å². The van der Waals surface area contributed by atoms with E-state index in [4.69, 9.17) is 15.5 Å². The molecule has 0 spiro atoms. The average molecular weight is 457 g/mol. The summed E-state index contributed by atoms with van der Waals surface area (Å²) in [6.07, 6.45) is 0. The summed E-state index contributed by atoms with van der Waals surface area (Å²) in [7, 11) is 2.18. The molecular weight excluding hydrogens is 424 g/mol. The van der Waals surface area contributed by atoms with Crippen LogP contribution in [0.2, 0.25) is 0 Å². The third-order valence-corrected chi connectivity index (χ3v) is 6.61. The Kier molecular flexibility index (Phi) is 5.98. The Labute approximate surface area is 200 Å². The van der Waals surface area contributed by atoms with Gasteiger partial charge in [0.15, 0.2) is 11.5 Å². The lowest BCUT2D eigenvalue weighted by molar-refractivity contribution is 0.132. The smallest absolute Gasteiger partial charge is 0.158 e. The number of rotatable bonds is 6. The molecule has 176 valence electrons. The van der Waals surface area contributed by atoms with Gasteiger partial charge in [-0.2, -0.15) is 5.10 Å². The molecular formula is C27H32N6O. The highest BCUT2D eigenvalue weighted by atomic mass is 16.5. The molecule has 7 heteroatoms. The molecule has 4 aromatic rings. The predicted molar refractivity (Wildman–Crippen MR) is 137 cm³/mol. The molecule has 0 bridgehead atoms. The standard InChI is InChI=1S/C27H32N6O/c1-27(2,18-33-15-13-32(3)14-16-33)23-17-22(24-25(28)30-31-26(24)29-23)19-9-11-21(12-10-19)34-20-7-5-4-6-8-20/h4-12,17H,13-16,18H2,1-3H3,(H3,28,29,30,31). The normalized spacial score (nSPS) is 15.6. The largest absolute Gasteiger partial charge is 0.457 e. The van der Waals surface area contributed by atoms with E-state index in [-0.39, 0.29) is 5.41 Å². The third kappa shape index (κ3) is 4.62. The molecule has 3 heterocycles. The second kappa shape index (κ2) is 9.08. The van der Waals surface area contributed by atoms with Crippen LogP contribution in [0.3, 0.4) is 0 Å². The minimum absolute atomic E-state index is 0.130. The van der Waals surface area contributed by atoms with Crippen molar-refractivity contribution in [3.05, 3.63) is 66.4 Å². The van der Waals surface area contributed by atoms with Crippen LogP contribution in [0.4, 0.5) is 5.82 Å². The van der Waals surface area contributed by atoms with Gasteiger partial charge in [0.25, 0.3) is 0 Å². The predicted octanol–water partition coefficient (Wildman–Crippen LogP) is 4.52. The van der Waals surface area contributed by atoms with E-state index in [0.717, 1.165) is 72.1 Å². The van der Waals surface area contributed by atoms with Gasteiger partial charge in [-0.25, -0.2) is 4.98 Å². The molecule has 34 heavy (non-hydrogen) atoms. The van der Waals surface area contributed by atoms with Crippen LogP contribution in [0.15, 0.2) is 60.7 Å². The minimum Gasteiger partial charge on any atom is -0.457 e. The molecule has 0 unspecified atom stereocenters. The van der Waals surface area contributed by atoms with Crippen molar-refractivity contribution in [1.82, 2.24) is 25.0 Å². The van der Waals surface area contributed by atoms with E-state index >= 15 is 0 Å². The van der Waals surface area contributed by atoms with Crippen molar-refractivity contribution in [2.24, 2.45) is 0 Å². The van der Waals surface area contributed by atoms with Crippen molar-refractivity contribution in [3.8, 4) is 22.6 Å². The molecule has 2 aromatic carbocycles. The Bertz CT molecular complexity index is 1260. The van der Waals surface area contributed by atoms with Gasteiger partial charge in [0.1, 0.15) is 11.5 Å². The van der Waals surface area contributed by atoms with E-state index in [0.29, 0.717) is 5.82 Å². The Morgan fingerprint density at radius 3 is 2.35 bits per heavy atom. The monoisotopic (exact) mass is 456 g/mol. The number of H-pyrrole nitrogens is 1. The van der Waals surface area contributed by atoms with E-state index in [1.54, 1.807) is 0 Å². The second-order valence-corrected chi connectivity index (χ2v) is 9.79. The lowest BCUT2D eigenvalue weighted by Gasteiger charge is -2.37. The molecule has 1 saturated heterocycles. The molecule has 0 aliphatic carbocycles. The average Bonchev–Trinajstić information content (AvgIpc) is 3.22. The van der Waals surface area contributed by atoms with E-state index < -0.39 is 0 Å². The summed E-state index contributed by atoms with van der Waals surface area (Å²) in [5.41, 5.74) is 9.96. The molecule has 5 rings (SSSR count). The van der Waals surface area contributed by atoms with Gasteiger partial charge in [0, 0.05) is 38.1 Å². The number of fused-ring (bicyclic) bond motifs is 1. The van der Waals surface area contributed by atoms with Crippen LogP contribution < -0.4 is 10.5 Å². The van der Waals surface area contributed by atoms with Crippen LogP contribution in [0, 0.1) is 0 Å². The number of nitrogens with two attached hydrogens (primary N) is 1. The van der Waals surface area contributed by atoms with Gasteiger partial charge >= 0.3 is 0 Å². The maximum atomic E-state index is 6.25. The number of pyridine rings is 1. The molecule has 1 fully saturated rings. The van der Waals surface area contributed by atoms with Crippen molar-refractivity contribution >= 4 is 16.9 Å². The number of benzene rings is 2. The quantitative estimate of drug-likeness (QED) is 0.444. The van der Waals surface area contributed by atoms with E-state index in [9.17, 15) is 0 Å². The van der Waals surface area contributed by atoms with Gasteiger partial charge in [-0.15, -0.1) is 0 Å². The molecule has 1 aliphatic rings. The summed E-state index contributed by atoms with van der Waals surface area (Å²) in [6, 6.07) is 20.1. The number of anilines is 1. The van der Waals surface area contributed by atoms with Crippen LogP contribution in [-0.4, -0.2) is 64.8 Å². The summed E-state index contributed by atoms with van der Waals surface area (Å²) < 4.78 is 5.97. The van der Waals surface area contributed by atoms with E-state index in [1.165, 1.54) is 0 Å². The van der Waals surface area contributed by atoms with Gasteiger partial charge in [-0.05, 0) is 48.5 Å². The van der Waals surface area contributed by atoms with Crippen molar-refractivity contribution in [3.63, 3.8) is 0 Å². The topological polar surface area (TPSA) is 83.3 Å². The molecule has 0 atom stereocenters. The lowest BCUT2D eigenvalue weighted by Crippen LogP contribution is -2.48. The number of aromatic amines is 1. The van der Waals surface area contributed by atoms with Crippen molar-refractivity contribution < 1.29 is 4.74 Å². The van der Waals surface area contributed by atoms with Gasteiger partial charge in [0.05, 0.1) is 11.1 Å². The maximum Gasteiger partial charge on any atom is 0.158 e. The Balaban J connectivity index is 1.46. The Morgan fingerprint density at radius 1 is 0.971 bits per heavy atom. The van der Waals surface area contributed by atoms with Crippen LogP contribution >= 0.6 is 0 Å². The molecule has 0 saturated carbocycles. The van der Waals surface area contributed by atoms with Crippen LogP contribution in [0.25, 0.3) is 22.2 Å². The molecule has 1 aliphatic heterocycles. The first-order valence-corrected chi connectivity index (χ1v) is 11.8. The summed E-state index contributed by atoms with van der Waals surface area (Å²) in [6.45, 7) is 9.83. The van der Waals surface area contributed by atoms with Crippen molar-refractivity contribution in [1.29, 1.82) is 0 Å². The highest BCUT2D eigenvalue weighted by Crippen LogP contribution is 2.36. The molecule has 7 nitrogen and oxygen atoms in total. The Morgan fingerprint density at radius 2 is 1.65 bits per heavy atom. The van der Waals surface area contributed by atoms with Gasteiger partial charge in [-0.1, -0.05) is 44.2 Å². The number of ether oxygens (including phenoxy) is 1. The van der Waals surface area contributed by atoms with Crippen LogP contribution in [0.5, 0.6) is 11.5 Å². The van der Waals surface area contributed by atoms with E-state index in [2.05, 4.69) is 59.1 Å². The van der Waals surface area contributed by atoms with Gasteiger partial charge in [0.2, 0.25) is 0 Å². The number of aromatic nitrogens is 3. The molecule has 0 amide bonds. The molecule has 3 N–H and O–H groups in total. The zero-order valence-electron chi connectivity index (χ0n) is 20.1. The first kappa shape index (κ1) is 22.4. The fourth-order valence-corrected chi connectivity index (χ4v) is 4.60. The summed E-state index contributed by atoms with van der Waals surface area (Å²) >= 11 is 0. The zero-order chi connectivity index (χ0) is 23.7. The summed E-state index contributed by atoms with van der Waals surface area (Å²) in [5, 5.41) is 8.14. The van der Waals surface area contributed by atoms with Crippen LogP contribution in [0.1, 0.15) is 19.5 Å². The number of hydrogen-bond acceptors (Lipinski definition) is 6. The number of likely N-dealkylation sites (N-methyl/N-ethyl adjacent to an activating group) is 1. The van der Waals surface area contributed by atoms with Crippen molar-refractivity contribution in [2.75, 3.05) is 45.5 Å². The number of nitrogen functional groups attached to an aromatic ring is 1. The van der Waals surface area contributed by atoms with Crippen molar-refractivity contribution in [2.45, 2.75) is 19.3 Å². The zero-order valence-corrected chi connectivity index (χ0v) is 20.1. The first-order chi connectivity index (χ1) is 16.4. The molecule has 0 radical (unpaired) electrons. The fourth-order valence-electron chi connectivity index (χ4n) is 4.60. The molecule has 2 aromatic heterocycles. The second-order valence-electron chi connectivity index (χ2n) is 9.79. The fraction of sp³-hybridized carbons (Fsp3) is 0.333. The SMILES string of the molecule is CN1CCN(CC(C)(C)c2cc(-c3ccc(Oc4ccccc4)cc3)c3c(N)n[nH]c3n2)CC1. The third-order valence-electron chi connectivity index (χ3n) is 6.61. The minimum atomic E-state index is -0.130.